The van der Waals surface area contributed by atoms with E-state index in [1.165, 1.54) is 11.3 Å². The van der Waals surface area contributed by atoms with Crippen LogP contribution >= 0.6 is 11.3 Å². The van der Waals surface area contributed by atoms with Crippen molar-refractivity contribution in [2.24, 2.45) is 0 Å². The maximum Gasteiger partial charge on any atom is 0.258 e. The molecule has 0 saturated heterocycles. The standard InChI is InChI=1S/C21H18N4O3S/c1-12-24-25-21(29-12)23-20(26)16-11-18(22-17-7-5-4-6-14(16)17)15-9-8-13(27-2)10-19(15)28-3/h4-11H,1-3H3,(H,23,25,26). The molecule has 0 aliphatic carbocycles. The van der Waals surface area contributed by atoms with Crippen LogP contribution in [0.3, 0.4) is 0 Å². The number of nitrogens with one attached hydrogen (secondary N) is 1. The summed E-state index contributed by atoms with van der Waals surface area (Å²) in [5.41, 5.74) is 2.60. The van der Waals surface area contributed by atoms with Crippen molar-refractivity contribution < 1.29 is 14.3 Å². The molecule has 1 amide bonds. The Morgan fingerprint density at radius 2 is 1.86 bits per heavy atom. The van der Waals surface area contributed by atoms with Crippen LogP contribution in [0, 0.1) is 6.92 Å². The van der Waals surface area contributed by atoms with Gasteiger partial charge in [-0.2, -0.15) is 0 Å². The summed E-state index contributed by atoms with van der Waals surface area (Å²) >= 11 is 1.32. The van der Waals surface area contributed by atoms with Gasteiger partial charge < -0.3 is 9.47 Å². The first-order chi connectivity index (χ1) is 14.1. The summed E-state index contributed by atoms with van der Waals surface area (Å²) in [7, 11) is 3.19. The van der Waals surface area contributed by atoms with Crippen molar-refractivity contribution in [3.8, 4) is 22.8 Å². The van der Waals surface area contributed by atoms with Gasteiger partial charge in [-0.25, -0.2) is 4.98 Å². The number of para-hydroxylation sites is 1. The van der Waals surface area contributed by atoms with Gasteiger partial charge in [0.05, 0.1) is 31.0 Å². The molecule has 4 aromatic rings. The number of pyridine rings is 1. The average Bonchev–Trinajstić information content (AvgIpc) is 3.16. The summed E-state index contributed by atoms with van der Waals surface area (Å²) in [6, 6.07) is 14.8. The number of methoxy groups -OCH3 is 2. The van der Waals surface area contributed by atoms with Gasteiger partial charge in [0.25, 0.3) is 5.91 Å². The predicted octanol–water partition coefficient (Wildman–Crippen LogP) is 4.33. The lowest BCUT2D eigenvalue weighted by Gasteiger charge is -2.13. The van der Waals surface area contributed by atoms with Gasteiger partial charge in [-0.3, -0.25) is 10.1 Å². The first kappa shape index (κ1) is 18.8. The lowest BCUT2D eigenvalue weighted by molar-refractivity contribution is 0.102. The number of fused-ring (bicyclic) bond motifs is 1. The van der Waals surface area contributed by atoms with Gasteiger partial charge in [-0.1, -0.05) is 29.5 Å². The molecule has 0 radical (unpaired) electrons. The van der Waals surface area contributed by atoms with E-state index in [4.69, 9.17) is 14.5 Å². The second-order valence-corrected chi connectivity index (χ2v) is 7.40. The van der Waals surface area contributed by atoms with E-state index in [1.807, 2.05) is 43.3 Å². The molecule has 2 heterocycles. The number of anilines is 1. The van der Waals surface area contributed by atoms with E-state index in [-0.39, 0.29) is 5.91 Å². The Hall–Kier alpha value is -3.52. The van der Waals surface area contributed by atoms with Gasteiger partial charge >= 0.3 is 0 Å². The molecular formula is C21H18N4O3S. The zero-order valence-electron chi connectivity index (χ0n) is 16.1. The Morgan fingerprint density at radius 1 is 1.03 bits per heavy atom. The first-order valence-electron chi connectivity index (χ1n) is 8.82. The fourth-order valence-corrected chi connectivity index (χ4v) is 3.61. The summed E-state index contributed by atoms with van der Waals surface area (Å²) in [6.45, 7) is 1.84. The monoisotopic (exact) mass is 406 g/mol. The molecular weight excluding hydrogens is 388 g/mol. The molecule has 0 atom stereocenters. The van der Waals surface area contributed by atoms with E-state index in [0.29, 0.717) is 33.4 Å². The summed E-state index contributed by atoms with van der Waals surface area (Å²) in [5.74, 6) is 1.02. The van der Waals surface area contributed by atoms with Crippen molar-refractivity contribution in [2.75, 3.05) is 19.5 Å². The lowest BCUT2D eigenvalue weighted by atomic mass is 10.0. The van der Waals surface area contributed by atoms with Crippen LogP contribution in [0.4, 0.5) is 5.13 Å². The highest BCUT2D eigenvalue weighted by atomic mass is 32.1. The van der Waals surface area contributed by atoms with E-state index in [1.54, 1.807) is 26.4 Å². The van der Waals surface area contributed by atoms with Crippen molar-refractivity contribution in [2.45, 2.75) is 6.92 Å². The highest BCUT2D eigenvalue weighted by Crippen LogP contribution is 2.34. The predicted molar refractivity (Wildman–Crippen MR) is 113 cm³/mol. The second kappa shape index (κ2) is 7.84. The van der Waals surface area contributed by atoms with E-state index in [2.05, 4.69) is 15.5 Å². The lowest BCUT2D eigenvalue weighted by Crippen LogP contribution is -2.13. The number of carbonyl (C=O) groups excluding carboxylic acids is 1. The number of amides is 1. The van der Waals surface area contributed by atoms with Crippen LogP contribution in [0.15, 0.2) is 48.5 Å². The Morgan fingerprint density at radius 3 is 2.59 bits per heavy atom. The Labute approximate surface area is 171 Å². The van der Waals surface area contributed by atoms with E-state index < -0.39 is 0 Å². The van der Waals surface area contributed by atoms with Gasteiger partial charge in [0, 0.05) is 17.0 Å². The Balaban J connectivity index is 1.84. The molecule has 7 nitrogen and oxygen atoms in total. The van der Waals surface area contributed by atoms with Crippen molar-refractivity contribution in [3.63, 3.8) is 0 Å². The zero-order valence-corrected chi connectivity index (χ0v) is 16.9. The van der Waals surface area contributed by atoms with Gasteiger partial charge in [0.1, 0.15) is 16.5 Å². The van der Waals surface area contributed by atoms with Gasteiger partial charge in [-0.15, -0.1) is 10.2 Å². The van der Waals surface area contributed by atoms with Crippen LogP contribution < -0.4 is 14.8 Å². The number of hydrogen-bond donors (Lipinski definition) is 1. The second-order valence-electron chi connectivity index (χ2n) is 6.22. The summed E-state index contributed by atoms with van der Waals surface area (Å²) in [6.07, 6.45) is 0. The number of carbonyl (C=O) groups is 1. The molecule has 0 spiro atoms. The number of rotatable bonds is 5. The van der Waals surface area contributed by atoms with Gasteiger partial charge in [0.2, 0.25) is 5.13 Å². The van der Waals surface area contributed by atoms with Crippen LogP contribution in [0.25, 0.3) is 22.2 Å². The number of nitrogens with zero attached hydrogens (tertiary/aromatic N) is 3. The Kier molecular flexibility index (Phi) is 5.09. The molecule has 0 fully saturated rings. The zero-order chi connectivity index (χ0) is 20.4. The maximum absolute atomic E-state index is 13.0. The molecule has 8 heteroatoms. The molecule has 2 aromatic heterocycles. The SMILES string of the molecule is COc1ccc(-c2cc(C(=O)Nc3nnc(C)s3)c3ccccc3n2)c(OC)c1. The number of aryl methyl sites for hydroxylation is 1. The van der Waals surface area contributed by atoms with Crippen molar-refractivity contribution >= 4 is 33.3 Å². The number of hydrogen-bond acceptors (Lipinski definition) is 7. The molecule has 29 heavy (non-hydrogen) atoms. The topological polar surface area (TPSA) is 86.2 Å². The summed E-state index contributed by atoms with van der Waals surface area (Å²) in [5, 5.41) is 12.7. The minimum Gasteiger partial charge on any atom is -0.497 e. The third kappa shape index (κ3) is 3.74. The molecule has 0 aliphatic rings. The van der Waals surface area contributed by atoms with Crippen LogP contribution in [0.5, 0.6) is 11.5 Å². The van der Waals surface area contributed by atoms with Crippen LogP contribution in [0.2, 0.25) is 0 Å². The Bertz CT molecular complexity index is 1210. The molecule has 4 rings (SSSR count). The fraction of sp³-hybridized carbons (Fsp3) is 0.143. The van der Waals surface area contributed by atoms with Crippen molar-refractivity contribution in [1.82, 2.24) is 15.2 Å². The van der Waals surface area contributed by atoms with Gasteiger partial charge in [0.15, 0.2) is 0 Å². The normalized spacial score (nSPS) is 10.7. The molecule has 0 aliphatic heterocycles. The van der Waals surface area contributed by atoms with Gasteiger partial charge in [-0.05, 0) is 31.2 Å². The van der Waals surface area contributed by atoms with Crippen LogP contribution in [0.1, 0.15) is 15.4 Å². The maximum atomic E-state index is 13.0. The van der Waals surface area contributed by atoms with E-state index >= 15 is 0 Å². The highest BCUT2D eigenvalue weighted by molar-refractivity contribution is 7.15. The minimum atomic E-state index is -0.270. The first-order valence-corrected chi connectivity index (χ1v) is 9.64. The smallest absolute Gasteiger partial charge is 0.258 e. The molecule has 0 unspecified atom stereocenters. The van der Waals surface area contributed by atoms with Crippen molar-refractivity contribution in [3.05, 3.63) is 59.1 Å². The number of aromatic nitrogens is 3. The van der Waals surface area contributed by atoms with E-state index in [9.17, 15) is 4.79 Å². The summed E-state index contributed by atoms with van der Waals surface area (Å²) in [4.78, 5) is 17.8. The molecule has 1 N–H and O–H groups in total. The third-order valence-corrected chi connectivity index (χ3v) is 5.15. The largest absolute Gasteiger partial charge is 0.497 e. The summed E-state index contributed by atoms with van der Waals surface area (Å²) < 4.78 is 10.8. The number of benzene rings is 2. The number of ether oxygens (including phenoxy) is 2. The van der Waals surface area contributed by atoms with Crippen molar-refractivity contribution in [1.29, 1.82) is 0 Å². The average molecular weight is 406 g/mol. The molecule has 146 valence electrons. The molecule has 0 saturated carbocycles. The fourth-order valence-electron chi connectivity index (χ4n) is 3.02. The quantitative estimate of drug-likeness (QED) is 0.531. The minimum absolute atomic E-state index is 0.270. The molecule has 0 bridgehead atoms. The van der Waals surface area contributed by atoms with E-state index in [0.717, 1.165) is 16.0 Å². The van der Waals surface area contributed by atoms with Crippen LogP contribution in [-0.2, 0) is 0 Å². The molecule has 2 aromatic carbocycles. The third-order valence-electron chi connectivity index (χ3n) is 4.39. The van der Waals surface area contributed by atoms with Crippen LogP contribution in [-0.4, -0.2) is 35.3 Å². The highest BCUT2D eigenvalue weighted by Gasteiger charge is 2.17.